The van der Waals surface area contributed by atoms with Crippen LogP contribution in [0, 0.1) is 0 Å². The number of fused-ring (bicyclic) bond motifs is 1. The minimum atomic E-state index is 0.116. The SMILES string of the molecule is O=C(c1ccccc1)N1CCC(NCc2cn(-c3ccccc3)nc2-c2cc3ccccc3o2)CC1. The van der Waals surface area contributed by atoms with E-state index >= 15 is 0 Å². The average Bonchev–Trinajstić information content (AvgIpc) is 3.57. The second-order valence-electron chi connectivity index (χ2n) is 9.24. The van der Waals surface area contributed by atoms with Crippen LogP contribution in [-0.4, -0.2) is 39.7 Å². The first-order valence-corrected chi connectivity index (χ1v) is 12.5. The van der Waals surface area contributed by atoms with Gasteiger partial charge in [0.05, 0.1) is 5.69 Å². The highest BCUT2D eigenvalue weighted by atomic mass is 16.3. The number of carbonyl (C=O) groups excluding carboxylic acids is 1. The molecule has 3 aromatic carbocycles. The van der Waals surface area contributed by atoms with E-state index in [9.17, 15) is 4.79 Å². The van der Waals surface area contributed by atoms with Crippen LogP contribution in [-0.2, 0) is 6.54 Å². The molecule has 1 aliphatic heterocycles. The number of furan rings is 1. The van der Waals surface area contributed by atoms with Crippen molar-refractivity contribution in [3.63, 3.8) is 0 Å². The van der Waals surface area contributed by atoms with E-state index in [1.807, 2.05) is 88.4 Å². The Balaban J connectivity index is 1.18. The van der Waals surface area contributed by atoms with Crippen molar-refractivity contribution in [1.29, 1.82) is 0 Å². The molecule has 6 heteroatoms. The molecule has 1 N–H and O–H groups in total. The van der Waals surface area contributed by atoms with Gasteiger partial charge in [0.2, 0.25) is 0 Å². The molecule has 0 bridgehead atoms. The highest BCUT2D eigenvalue weighted by Crippen LogP contribution is 2.30. The maximum absolute atomic E-state index is 12.8. The number of hydrogen-bond donors (Lipinski definition) is 1. The van der Waals surface area contributed by atoms with Gasteiger partial charge < -0.3 is 14.6 Å². The number of piperidine rings is 1. The minimum Gasteiger partial charge on any atom is -0.454 e. The maximum Gasteiger partial charge on any atom is 0.253 e. The molecule has 180 valence electrons. The van der Waals surface area contributed by atoms with Gasteiger partial charge in [0.15, 0.2) is 5.76 Å². The molecule has 36 heavy (non-hydrogen) atoms. The molecule has 0 aliphatic carbocycles. The Bertz CT molecular complexity index is 1430. The van der Waals surface area contributed by atoms with E-state index in [-0.39, 0.29) is 5.91 Å². The summed E-state index contributed by atoms with van der Waals surface area (Å²) in [5.41, 5.74) is 4.55. The first-order valence-electron chi connectivity index (χ1n) is 12.5. The average molecular weight is 477 g/mol. The second kappa shape index (κ2) is 9.84. The fraction of sp³-hybridized carbons (Fsp3) is 0.200. The molecule has 6 nitrogen and oxygen atoms in total. The van der Waals surface area contributed by atoms with Crippen LogP contribution in [0.4, 0.5) is 0 Å². The zero-order chi connectivity index (χ0) is 24.3. The Hall–Kier alpha value is -4.16. The van der Waals surface area contributed by atoms with Crippen molar-refractivity contribution in [3.05, 3.63) is 108 Å². The lowest BCUT2D eigenvalue weighted by atomic mass is 10.0. The number of nitrogens with one attached hydrogen (secondary N) is 1. The van der Waals surface area contributed by atoms with Gasteiger partial charge >= 0.3 is 0 Å². The fourth-order valence-corrected chi connectivity index (χ4v) is 4.86. The highest BCUT2D eigenvalue weighted by molar-refractivity contribution is 5.94. The van der Waals surface area contributed by atoms with Gasteiger partial charge in [0, 0.05) is 48.4 Å². The van der Waals surface area contributed by atoms with Crippen molar-refractivity contribution in [2.45, 2.75) is 25.4 Å². The summed E-state index contributed by atoms with van der Waals surface area (Å²) in [6.45, 7) is 2.19. The summed E-state index contributed by atoms with van der Waals surface area (Å²) in [7, 11) is 0. The van der Waals surface area contributed by atoms with E-state index in [2.05, 4.69) is 23.6 Å². The van der Waals surface area contributed by atoms with Gasteiger partial charge in [-0.15, -0.1) is 0 Å². The first-order chi connectivity index (χ1) is 17.7. The van der Waals surface area contributed by atoms with Crippen LogP contribution in [0.5, 0.6) is 0 Å². The van der Waals surface area contributed by atoms with Crippen LogP contribution in [0.3, 0.4) is 0 Å². The number of para-hydroxylation sites is 2. The summed E-state index contributed by atoms with van der Waals surface area (Å²) in [6, 6.07) is 30.1. The maximum atomic E-state index is 12.8. The van der Waals surface area contributed by atoms with Gasteiger partial charge in [0.1, 0.15) is 11.3 Å². The Morgan fingerprint density at radius 3 is 2.36 bits per heavy atom. The summed E-state index contributed by atoms with van der Waals surface area (Å²) < 4.78 is 8.09. The van der Waals surface area contributed by atoms with Crippen LogP contribution >= 0.6 is 0 Å². The van der Waals surface area contributed by atoms with Crippen molar-refractivity contribution in [2.24, 2.45) is 0 Å². The van der Waals surface area contributed by atoms with Crippen molar-refractivity contribution in [1.82, 2.24) is 20.0 Å². The van der Waals surface area contributed by atoms with Gasteiger partial charge in [-0.2, -0.15) is 5.10 Å². The van der Waals surface area contributed by atoms with Gasteiger partial charge in [-0.05, 0) is 49.2 Å². The fourth-order valence-electron chi connectivity index (χ4n) is 4.86. The van der Waals surface area contributed by atoms with E-state index in [1.165, 1.54) is 0 Å². The predicted octanol–water partition coefficient (Wildman–Crippen LogP) is 5.68. The summed E-state index contributed by atoms with van der Waals surface area (Å²) in [5.74, 6) is 0.885. The van der Waals surface area contributed by atoms with Crippen molar-refractivity contribution in [3.8, 4) is 17.1 Å². The van der Waals surface area contributed by atoms with Gasteiger partial charge in [-0.1, -0.05) is 54.6 Å². The standard InChI is InChI=1S/C30H28N4O2/c35-30(22-9-3-1-4-10-22)33-17-15-25(16-18-33)31-20-24-21-34(26-12-5-2-6-13-26)32-29(24)28-19-23-11-7-8-14-27(23)36-28/h1-14,19,21,25,31H,15-18,20H2. The third kappa shape index (κ3) is 4.55. The molecule has 3 heterocycles. The van der Waals surface area contributed by atoms with E-state index in [1.54, 1.807) is 0 Å². The van der Waals surface area contributed by atoms with Crippen molar-refractivity contribution in [2.75, 3.05) is 13.1 Å². The van der Waals surface area contributed by atoms with E-state index in [0.29, 0.717) is 12.6 Å². The van der Waals surface area contributed by atoms with Crippen LogP contribution in [0.15, 0.2) is 102 Å². The molecular formula is C30H28N4O2. The topological polar surface area (TPSA) is 63.3 Å². The van der Waals surface area contributed by atoms with E-state index in [0.717, 1.165) is 65.2 Å². The molecular weight excluding hydrogens is 448 g/mol. The number of hydrogen-bond acceptors (Lipinski definition) is 4. The summed E-state index contributed by atoms with van der Waals surface area (Å²) >= 11 is 0. The quantitative estimate of drug-likeness (QED) is 0.343. The number of aromatic nitrogens is 2. The smallest absolute Gasteiger partial charge is 0.253 e. The Labute approximate surface area is 210 Å². The van der Waals surface area contributed by atoms with Crippen LogP contribution in [0.25, 0.3) is 28.1 Å². The summed E-state index contributed by atoms with van der Waals surface area (Å²) in [6.07, 6.45) is 3.93. The molecule has 0 radical (unpaired) electrons. The zero-order valence-electron chi connectivity index (χ0n) is 20.0. The zero-order valence-corrected chi connectivity index (χ0v) is 20.0. The third-order valence-electron chi connectivity index (χ3n) is 6.85. The van der Waals surface area contributed by atoms with E-state index < -0.39 is 0 Å². The largest absolute Gasteiger partial charge is 0.454 e. The molecule has 0 saturated carbocycles. The molecule has 2 aromatic heterocycles. The Morgan fingerprint density at radius 1 is 0.917 bits per heavy atom. The molecule has 1 fully saturated rings. The van der Waals surface area contributed by atoms with Gasteiger partial charge in [-0.3, -0.25) is 4.79 Å². The van der Waals surface area contributed by atoms with Gasteiger partial charge in [-0.25, -0.2) is 4.68 Å². The lowest BCUT2D eigenvalue weighted by molar-refractivity contribution is 0.0704. The van der Waals surface area contributed by atoms with Crippen LogP contribution in [0.1, 0.15) is 28.8 Å². The molecule has 6 rings (SSSR count). The Kier molecular flexibility index (Phi) is 6.10. The molecule has 0 atom stereocenters. The Morgan fingerprint density at radius 2 is 1.61 bits per heavy atom. The van der Waals surface area contributed by atoms with Crippen LogP contribution < -0.4 is 5.32 Å². The molecule has 5 aromatic rings. The molecule has 0 unspecified atom stereocenters. The summed E-state index contributed by atoms with van der Waals surface area (Å²) in [5, 5.41) is 9.69. The van der Waals surface area contributed by atoms with Crippen molar-refractivity contribution < 1.29 is 9.21 Å². The minimum absolute atomic E-state index is 0.116. The monoisotopic (exact) mass is 476 g/mol. The first kappa shape index (κ1) is 22.3. The number of rotatable bonds is 6. The third-order valence-corrected chi connectivity index (χ3v) is 6.85. The highest BCUT2D eigenvalue weighted by Gasteiger charge is 2.24. The number of likely N-dealkylation sites (tertiary alicyclic amines) is 1. The number of benzene rings is 3. The molecule has 1 aliphatic rings. The number of carbonyl (C=O) groups is 1. The van der Waals surface area contributed by atoms with Crippen molar-refractivity contribution >= 4 is 16.9 Å². The normalized spacial score (nSPS) is 14.4. The lowest BCUT2D eigenvalue weighted by Gasteiger charge is -2.32. The van der Waals surface area contributed by atoms with Crippen LogP contribution in [0.2, 0.25) is 0 Å². The molecule has 1 saturated heterocycles. The number of nitrogens with zero attached hydrogens (tertiary/aromatic N) is 3. The van der Waals surface area contributed by atoms with E-state index in [4.69, 9.17) is 9.52 Å². The summed E-state index contributed by atoms with van der Waals surface area (Å²) in [4.78, 5) is 14.7. The predicted molar refractivity (Wildman–Crippen MR) is 141 cm³/mol. The number of amides is 1. The lowest BCUT2D eigenvalue weighted by Crippen LogP contribution is -2.44. The van der Waals surface area contributed by atoms with Gasteiger partial charge in [0.25, 0.3) is 5.91 Å². The second-order valence-corrected chi connectivity index (χ2v) is 9.24. The molecule has 0 spiro atoms. The molecule has 1 amide bonds.